The summed E-state index contributed by atoms with van der Waals surface area (Å²) in [6, 6.07) is 3.68. The highest BCUT2D eigenvalue weighted by atomic mass is 35.5. The number of pyridine rings is 1. The number of carbonyl (C=O) groups is 1. The van der Waals surface area contributed by atoms with E-state index in [1.54, 1.807) is 0 Å². The second kappa shape index (κ2) is 6.48. The standard InChI is InChI=1S/C16H20ClN3O/c17-13-6-7-15-19-14(11-20(15)10-13)9-18-16(21)8-5-12-3-1-2-4-12/h6-7,10-12H,1-5,8-9H2,(H,18,21). The Balaban J connectivity index is 1.49. The fraction of sp³-hybridized carbons (Fsp3) is 0.500. The molecule has 0 spiro atoms. The Morgan fingerprint density at radius 2 is 2.14 bits per heavy atom. The number of halogens is 1. The van der Waals surface area contributed by atoms with Crippen molar-refractivity contribution in [2.75, 3.05) is 0 Å². The summed E-state index contributed by atoms with van der Waals surface area (Å²) in [7, 11) is 0. The summed E-state index contributed by atoms with van der Waals surface area (Å²) in [6.07, 6.45) is 10.6. The van der Waals surface area contributed by atoms with E-state index in [1.807, 2.05) is 28.9 Å². The molecule has 3 rings (SSSR count). The Morgan fingerprint density at radius 3 is 2.95 bits per heavy atom. The van der Waals surface area contributed by atoms with Gasteiger partial charge in [-0.1, -0.05) is 37.3 Å². The molecule has 112 valence electrons. The molecule has 0 aromatic carbocycles. The molecule has 0 unspecified atom stereocenters. The summed E-state index contributed by atoms with van der Waals surface area (Å²) in [5.41, 5.74) is 1.70. The van der Waals surface area contributed by atoms with Crippen LogP contribution in [0.25, 0.3) is 5.65 Å². The number of amides is 1. The number of nitrogens with one attached hydrogen (secondary N) is 1. The number of fused-ring (bicyclic) bond motifs is 1. The second-order valence-electron chi connectivity index (χ2n) is 5.81. The molecule has 4 nitrogen and oxygen atoms in total. The summed E-state index contributed by atoms with van der Waals surface area (Å²) in [4.78, 5) is 16.3. The van der Waals surface area contributed by atoms with Crippen molar-refractivity contribution in [3.63, 3.8) is 0 Å². The molecular formula is C16H20ClN3O. The molecule has 0 radical (unpaired) electrons. The lowest BCUT2D eigenvalue weighted by Crippen LogP contribution is -2.23. The topological polar surface area (TPSA) is 46.4 Å². The summed E-state index contributed by atoms with van der Waals surface area (Å²) in [5, 5.41) is 3.62. The van der Waals surface area contributed by atoms with Crippen LogP contribution in [0.1, 0.15) is 44.2 Å². The van der Waals surface area contributed by atoms with Crippen molar-refractivity contribution in [2.45, 2.75) is 45.1 Å². The fourth-order valence-corrected chi connectivity index (χ4v) is 3.18. The van der Waals surface area contributed by atoms with Gasteiger partial charge in [0, 0.05) is 18.8 Å². The molecule has 2 aromatic heterocycles. The molecule has 1 fully saturated rings. The fourth-order valence-electron chi connectivity index (χ4n) is 3.01. The van der Waals surface area contributed by atoms with E-state index in [4.69, 9.17) is 11.6 Å². The molecule has 0 saturated heterocycles. The van der Waals surface area contributed by atoms with E-state index in [1.165, 1.54) is 25.7 Å². The van der Waals surface area contributed by atoms with Crippen LogP contribution in [0.5, 0.6) is 0 Å². The van der Waals surface area contributed by atoms with Crippen LogP contribution in [0, 0.1) is 5.92 Å². The zero-order valence-electron chi connectivity index (χ0n) is 12.0. The van der Waals surface area contributed by atoms with E-state index in [0.717, 1.165) is 23.7 Å². The number of hydrogen-bond acceptors (Lipinski definition) is 2. The van der Waals surface area contributed by atoms with Gasteiger partial charge in [0.2, 0.25) is 5.91 Å². The van der Waals surface area contributed by atoms with E-state index in [9.17, 15) is 4.79 Å². The molecule has 1 amide bonds. The average Bonchev–Trinajstić information content (AvgIpc) is 3.11. The third-order valence-corrected chi connectivity index (χ3v) is 4.41. The Hall–Kier alpha value is -1.55. The van der Waals surface area contributed by atoms with Gasteiger partial charge >= 0.3 is 0 Å². The molecule has 1 saturated carbocycles. The van der Waals surface area contributed by atoms with Gasteiger partial charge in [0.05, 0.1) is 17.3 Å². The average molecular weight is 306 g/mol. The van der Waals surface area contributed by atoms with Crippen molar-refractivity contribution >= 4 is 23.2 Å². The van der Waals surface area contributed by atoms with Crippen molar-refractivity contribution in [1.29, 1.82) is 0 Å². The van der Waals surface area contributed by atoms with E-state index in [2.05, 4.69) is 10.3 Å². The summed E-state index contributed by atoms with van der Waals surface area (Å²) >= 11 is 5.94. The first-order valence-corrected chi connectivity index (χ1v) is 7.98. The molecular weight excluding hydrogens is 286 g/mol. The Bertz CT molecular complexity index is 631. The van der Waals surface area contributed by atoms with Crippen LogP contribution in [0.4, 0.5) is 0 Å². The van der Waals surface area contributed by atoms with Crippen molar-refractivity contribution in [1.82, 2.24) is 14.7 Å². The van der Waals surface area contributed by atoms with Crippen LogP contribution < -0.4 is 5.32 Å². The highest BCUT2D eigenvalue weighted by Gasteiger charge is 2.16. The van der Waals surface area contributed by atoms with Crippen LogP contribution in [-0.4, -0.2) is 15.3 Å². The number of aromatic nitrogens is 2. The van der Waals surface area contributed by atoms with Gasteiger partial charge in [-0.25, -0.2) is 4.98 Å². The lowest BCUT2D eigenvalue weighted by atomic mass is 10.0. The maximum absolute atomic E-state index is 11.9. The Labute approximate surface area is 129 Å². The predicted molar refractivity (Wildman–Crippen MR) is 83.2 cm³/mol. The number of hydrogen-bond donors (Lipinski definition) is 1. The molecule has 0 bridgehead atoms. The van der Waals surface area contributed by atoms with Crippen LogP contribution >= 0.6 is 11.6 Å². The first kappa shape index (κ1) is 14.4. The van der Waals surface area contributed by atoms with E-state index in [-0.39, 0.29) is 5.91 Å². The van der Waals surface area contributed by atoms with Gasteiger partial charge in [-0.05, 0) is 24.5 Å². The summed E-state index contributed by atoms with van der Waals surface area (Å²) in [6.45, 7) is 0.475. The number of imidazole rings is 1. The van der Waals surface area contributed by atoms with E-state index < -0.39 is 0 Å². The zero-order valence-corrected chi connectivity index (χ0v) is 12.8. The zero-order chi connectivity index (χ0) is 14.7. The van der Waals surface area contributed by atoms with Crippen molar-refractivity contribution in [3.8, 4) is 0 Å². The molecule has 2 heterocycles. The molecule has 21 heavy (non-hydrogen) atoms. The summed E-state index contributed by atoms with van der Waals surface area (Å²) < 4.78 is 1.88. The van der Waals surface area contributed by atoms with Crippen LogP contribution in [0.15, 0.2) is 24.5 Å². The van der Waals surface area contributed by atoms with Gasteiger partial charge in [-0.2, -0.15) is 0 Å². The smallest absolute Gasteiger partial charge is 0.220 e. The largest absolute Gasteiger partial charge is 0.350 e. The normalized spacial score (nSPS) is 15.7. The number of nitrogens with zero attached hydrogens (tertiary/aromatic N) is 2. The summed E-state index contributed by atoms with van der Waals surface area (Å²) in [5.74, 6) is 0.880. The van der Waals surface area contributed by atoms with Crippen molar-refractivity contribution in [2.24, 2.45) is 5.92 Å². The molecule has 5 heteroatoms. The molecule has 1 aliphatic carbocycles. The van der Waals surface area contributed by atoms with E-state index >= 15 is 0 Å². The van der Waals surface area contributed by atoms with E-state index in [0.29, 0.717) is 18.0 Å². The van der Waals surface area contributed by atoms with Crippen molar-refractivity contribution < 1.29 is 4.79 Å². The Kier molecular flexibility index (Phi) is 4.44. The van der Waals surface area contributed by atoms with Crippen LogP contribution in [0.3, 0.4) is 0 Å². The third-order valence-electron chi connectivity index (χ3n) is 4.19. The minimum Gasteiger partial charge on any atom is -0.350 e. The van der Waals surface area contributed by atoms with Crippen LogP contribution in [0.2, 0.25) is 5.02 Å². The maximum Gasteiger partial charge on any atom is 0.220 e. The highest BCUT2D eigenvalue weighted by molar-refractivity contribution is 6.30. The van der Waals surface area contributed by atoms with Gasteiger partial charge in [0.25, 0.3) is 0 Å². The SMILES string of the molecule is O=C(CCC1CCCC1)NCc1cn2cc(Cl)ccc2n1. The molecule has 0 aliphatic heterocycles. The van der Waals surface area contributed by atoms with Gasteiger partial charge in [0.15, 0.2) is 0 Å². The lowest BCUT2D eigenvalue weighted by Gasteiger charge is -2.08. The molecule has 0 atom stereocenters. The monoisotopic (exact) mass is 305 g/mol. The Morgan fingerprint density at radius 1 is 1.33 bits per heavy atom. The first-order chi connectivity index (χ1) is 10.2. The quantitative estimate of drug-likeness (QED) is 0.918. The number of rotatable bonds is 5. The third kappa shape index (κ3) is 3.76. The molecule has 1 N–H and O–H groups in total. The predicted octanol–water partition coefficient (Wildman–Crippen LogP) is 3.57. The molecule has 1 aliphatic rings. The maximum atomic E-state index is 11.9. The van der Waals surface area contributed by atoms with Gasteiger partial charge < -0.3 is 9.72 Å². The highest BCUT2D eigenvalue weighted by Crippen LogP contribution is 2.28. The van der Waals surface area contributed by atoms with Crippen LogP contribution in [-0.2, 0) is 11.3 Å². The van der Waals surface area contributed by atoms with Gasteiger partial charge in [-0.3, -0.25) is 4.79 Å². The number of carbonyl (C=O) groups excluding carboxylic acids is 1. The molecule has 2 aromatic rings. The minimum absolute atomic E-state index is 0.122. The van der Waals surface area contributed by atoms with Gasteiger partial charge in [-0.15, -0.1) is 0 Å². The first-order valence-electron chi connectivity index (χ1n) is 7.60. The van der Waals surface area contributed by atoms with Crippen molar-refractivity contribution in [3.05, 3.63) is 35.2 Å². The minimum atomic E-state index is 0.122. The van der Waals surface area contributed by atoms with Gasteiger partial charge in [0.1, 0.15) is 5.65 Å². The second-order valence-corrected chi connectivity index (χ2v) is 6.25. The lowest BCUT2D eigenvalue weighted by molar-refractivity contribution is -0.121.